The fourth-order valence-corrected chi connectivity index (χ4v) is 2.55. The Morgan fingerprint density at radius 2 is 2.00 bits per heavy atom. The Balaban J connectivity index is 2.33. The van der Waals surface area contributed by atoms with Crippen LogP contribution in [-0.4, -0.2) is 100 Å². The van der Waals surface area contributed by atoms with Crippen LogP contribution in [0.5, 0.6) is 0 Å². The van der Waals surface area contributed by atoms with E-state index in [0.29, 0.717) is 19.6 Å². The number of ether oxygens (including phenoxy) is 2. The van der Waals surface area contributed by atoms with E-state index in [-0.39, 0.29) is 12.0 Å². The molecule has 0 aromatic rings. The summed E-state index contributed by atoms with van der Waals surface area (Å²) >= 11 is 0. The van der Waals surface area contributed by atoms with E-state index in [2.05, 4.69) is 36.3 Å². The number of nitrogens with one attached hydrogen (secondary N) is 1. The molecule has 3 atom stereocenters. The van der Waals surface area contributed by atoms with Crippen LogP contribution in [0.15, 0.2) is 0 Å². The number of carbonyl (C=O) groups excluding carboxylic acids is 1. The molecule has 7 nitrogen and oxygen atoms in total. The lowest BCUT2D eigenvalue weighted by Gasteiger charge is -2.34. The number of aliphatic hydroxyl groups excluding tert-OH is 1. The van der Waals surface area contributed by atoms with Crippen LogP contribution in [-0.2, 0) is 14.3 Å². The predicted molar refractivity (Wildman–Crippen MR) is 89.5 cm³/mol. The lowest BCUT2D eigenvalue weighted by atomic mass is 9.98. The van der Waals surface area contributed by atoms with Gasteiger partial charge in [0.05, 0.1) is 18.8 Å². The summed E-state index contributed by atoms with van der Waals surface area (Å²) in [4.78, 5) is 16.5. The van der Waals surface area contributed by atoms with Gasteiger partial charge < -0.3 is 29.7 Å². The summed E-state index contributed by atoms with van der Waals surface area (Å²) in [6.45, 7) is 3.83. The minimum absolute atomic E-state index is 0.0263. The molecule has 7 heteroatoms. The quantitative estimate of drug-likeness (QED) is 0.528. The summed E-state index contributed by atoms with van der Waals surface area (Å²) in [7, 11) is 7.80. The number of amides is 1. The van der Waals surface area contributed by atoms with Gasteiger partial charge >= 0.3 is 0 Å². The largest absolute Gasteiger partial charge is 0.390 e. The summed E-state index contributed by atoms with van der Waals surface area (Å²) in [5, 5.41) is 12.7. The molecule has 1 saturated heterocycles. The molecule has 1 rings (SSSR count). The molecule has 1 amide bonds. The molecule has 3 unspecified atom stereocenters. The zero-order chi connectivity index (χ0) is 17.2. The Hall–Kier alpha value is -0.730. The van der Waals surface area contributed by atoms with Crippen molar-refractivity contribution in [2.75, 3.05) is 61.0 Å². The number of likely N-dealkylation sites (N-methyl/N-ethyl adjacent to an activating group) is 2. The van der Waals surface area contributed by atoms with E-state index in [0.717, 1.165) is 32.5 Å². The number of hydrogen-bond donors (Lipinski definition) is 2. The molecule has 1 fully saturated rings. The summed E-state index contributed by atoms with van der Waals surface area (Å²) < 4.78 is 10.7. The number of aliphatic hydroxyl groups is 1. The number of rotatable bonds is 10. The second-order valence-electron chi connectivity index (χ2n) is 6.50. The van der Waals surface area contributed by atoms with Crippen molar-refractivity contribution in [2.24, 2.45) is 0 Å². The molecule has 1 heterocycles. The van der Waals surface area contributed by atoms with E-state index < -0.39 is 12.2 Å². The van der Waals surface area contributed by atoms with Crippen LogP contribution >= 0.6 is 0 Å². The van der Waals surface area contributed by atoms with Crippen LogP contribution in [0.1, 0.15) is 19.3 Å². The molecule has 0 aromatic carbocycles. The van der Waals surface area contributed by atoms with Gasteiger partial charge in [0.25, 0.3) is 5.91 Å². The lowest BCUT2D eigenvalue weighted by molar-refractivity contribution is -0.158. The van der Waals surface area contributed by atoms with Gasteiger partial charge in [-0.2, -0.15) is 0 Å². The summed E-state index contributed by atoms with van der Waals surface area (Å²) in [6.07, 6.45) is 0.814. The van der Waals surface area contributed by atoms with Crippen molar-refractivity contribution >= 4 is 5.91 Å². The third kappa shape index (κ3) is 8.08. The van der Waals surface area contributed by atoms with Crippen LogP contribution in [0.4, 0.5) is 0 Å². The van der Waals surface area contributed by atoms with Crippen LogP contribution in [0.25, 0.3) is 0 Å². The Morgan fingerprint density at radius 3 is 2.65 bits per heavy atom. The maximum Gasteiger partial charge on any atom is 0.251 e. The van der Waals surface area contributed by atoms with Gasteiger partial charge in [-0.15, -0.1) is 0 Å². The lowest BCUT2D eigenvalue weighted by Crippen LogP contribution is -2.50. The van der Waals surface area contributed by atoms with E-state index in [4.69, 9.17) is 9.47 Å². The average molecular weight is 331 g/mol. The van der Waals surface area contributed by atoms with E-state index >= 15 is 0 Å². The molecule has 1 aliphatic rings. The van der Waals surface area contributed by atoms with Crippen LogP contribution in [0.2, 0.25) is 0 Å². The third-order valence-corrected chi connectivity index (χ3v) is 4.10. The molecule has 2 N–H and O–H groups in total. The summed E-state index contributed by atoms with van der Waals surface area (Å²) in [5.74, 6) is -0.250. The molecular formula is C16H33N3O4. The maximum atomic E-state index is 12.1. The average Bonchev–Trinajstić information content (AvgIpc) is 2.52. The minimum atomic E-state index is -0.766. The Morgan fingerprint density at radius 1 is 1.26 bits per heavy atom. The Labute approximate surface area is 139 Å². The van der Waals surface area contributed by atoms with Crippen LogP contribution in [0, 0.1) is 0 Å². The molecular weight excluding hydrogens is 298 g/mol. The van der Waals surface area contributed by atoms with Crippen molar-refractivity contribution < 1.29 is 19.4 Å². The highest BCUT2D eigenvalue weighted by Gasteiger charge is 2.34. The second-order valence-corrected chi connectivity index (χ2v) is 6.50. The Bertz CT molecular complexity index is 341. The first kappa shape index (κ1) is 20.3. The SMILES string of the molecule is COCCNC(=O)C1OC(CCN(C)CCN(C)C)CCC1O. The molecule has 136 valence electrons. The number of nitrogens with zero attached hydrogens (tertiary/aromatic N) is 2. The first-order valence-corrected chi connectivity index (χ1v) is 8.37. The van der Waals surface area contributed by atoms with Gasteiger partial charge in [-0.25, -0.2) is 0 Å². The summed E-state index contributed by atoms with van der Waals surface area (Å²) in [6, 6.07) is 0. The van der Waals surface area contributed by atoms with Crippen LogP contribution in [0.3, 0.4) is 0 Å². The first-order valence-electron chi connectivity index (χ1n) is 8.37. The zero-order valence-electron chi connectivity index (χ0n) is 15.0. The first-order chi connectivity index (χ1) is 10.9. The number of carbonyl (C=O) groups is 1. The highest BCUT2D eigenvalue weighted by atomic mass is 16.5. The zero-order valence-corrected chi connectivity index (χ0v) is 15.0. The molecule has 0 aliphatic carbocycles. The topological polar surface area (TPSA) is 74.3 Å². The fourth-order valence-electron chi connectivity index (χ4n) is 2.55. The van der Waals surface area contributed by atoms with Gasteiger partial charge in [0.1, 0.15) is 0 Å². The van der Waals surface area contributed by atoms with E-state index in [1.807, 2.05) is 0 Å². The smallest absolute Gasteiger partial charge is 0.251 e. The molecule has 0 spiro atoms. The molecule has 0 aromatic heterocycles. The van der Waals surface area contributed by atoms with Gasteiger partial charge in [-0.3, -0.25) is 4.79 Å². The van der Waals surface area contributed by atoms with Crippen LogP contribution < -0.4 is 5.32 Å². The highest BCUT2D eigenvalue weighted by Crippen LogP contribution is 2.22. The standard InChI is InChI=1S/C16H33N3O4/c1-18(2)10-11-19(3)9-7-13-5-6-14(20)15(23-13)16(21)17-8-12-22-4/h13-15,20H,5-12H2,1-4H3,(H,17,21). The predicted octanol–water partition coefficient (Wildman–Crippen LogP) is -0.459. The monoisotopic (exact) mass is 331 g/mol. The van der Waals surface area contributed by atoms with Crippen molar-refractivity contribution in [3.8, 4) is 0 Å². The highest BCUT2D eigenvalue weighted by molar-refractivity contribution is 5.81. The van der Waals surface area contributed by atoms with Gasteiger partial charge in [0.15, 0.2) is 6.10 Å². The van der Waals surface area contributed by atoms with Crippen molar-refractivity contribution in [3.05, 3.63) is 0 Å². The number of methoxy groups -OCH3 is 1. The minimum Gasteiger partial charge on any atom is -0.390 e. The molecule has 0 bridgehead atoms. The molecule has 1 aliphatic heterocycles. The van der Waals surface area contributed by atoms with Gasteiger partial charge in [-0.1, -0.05) is 0 Å². The van der Waals surface area contributed by atoms with E-state index in [9.17, 15) is 9.90 Å². The van der Waals surface area contributed by atoms with Crippen molar-refractivity contribution in [3.63, 3.8) is 0 Å². The van der Waals surface area contributed by atoms with E-state index in [1.165, 1.54) is 0 Å². The van der Waals surface area contributed by atoms with Gasteiger partial charge in [0.2, 0.25) is 0 Å². The maximum absolute atomic E-state index is 12.1. The fraction of sp³-hybridized carbons (Fsp3) is 0.938. The van der Waals surface area contributed by atoms with E-state index in [1.54, 1.807) is 7.11 Å². The van der Waals surface area contributed by atoms with Crippen molar-refractivity contribution in [1.29, 1.82) is 0 Å². The normalized spacial score (nSPS) is 25.1. The van der Waals surface area contributed by atoms with Gasteiger partial charge in [-0.05, 0) is 40.4 Å². The van der Waals surface area contributed by atoms with Crippen molar-refractivity contribution in [1.82, 2.24) is 15.1 Å². The van der Waals surface area contributed by atoms with Gasteiger partial charge in [0, 0.05) is 33.3 Å². The summed E-state index contributed by atoms with van der Waals surface area (Å²) in [5.41, 5.74) is 0. The third-order valence-electron chi connectivity index (χ3n) is 4.10. The Kier molecular flexibility index (Phi) is 9.66. The molecule has 0 saturated carbocycles. The second kappa shape index (κ2) is 10.9. The number of hydrogen-bond acceptors (Lipinski definition) is 6. The van der Waals surface area contributed by atoms with Crippen molar-refractivity contribution in [2.45, 2.75) is 37.6 Å². The molecule has 0 radical (unpaired) electrons. The molecule has 23 heavy (non-hydrogen) atoms.